The second-order valence-electron chi connectivity index (χ2n) is 9.54. The quantitative estimate of drug-likeness (QED) is 0.229. The van der Waals surface area contributed by atoms with E-state index in [9.17, 15) is 24.3 Å². The maximum absolute atomic E-state index is 13.1. The number of carboxylic acids is 1. The highest BCUT2D eigenvalue weighted by Gasteiger charge is 2.64. The second-order valence-corrected chi connectivity index (χ2v) is 11.3. The molecule has 0 bridgehead atoms. The summed E-state index contributed by atoms with van der Waals surface area (Å²) in [5.74, 6) is -2.51. The van der Waals surface area contributed by atoms with Crippen molar-refractivity contribution in [3.8, 4) is 0 Å². The van der Waals surface area contributed by atoms with Gasteiger partial charge in [-0.1, -0.05) is 51.1 Å². The first-order chi connectivity index (χ1) is 17.9. The number of thioether (sulfide) groups is 1. The lowest BCUT2D eigenvalue weighted by Crippen LogP contribution is -2.71. The van der Waals surface area contributed by atoms with Crippen LogP contribution in [-0.4, -0.2) is 87.6 Å². The van der Waals surface area contributed by atoms with Crippen LogP contribution in [0.2, 0.25) is 0 Å². The number of fused-ring (bicyclic) bond motifs is 1. The molecule has 0 saturated carbocycles. The molecule has 10 nitrogen and oxygen atoms in total. The summed E-state index contributed by atoms with van der Waals surface area (Å²) < 4.78 is 3.94. The van der Waals surface area contributed by atoms with Crippen molar-refractivity contribution in [2.75, 3.05) is 26.7 Å². The number of carboxylic acid groups (broad SMARTS) is 1. The molecule has 210 valence electrons. The number of esters is 1. The summed E-state index contributed by atoms with van der Waals surface area (Å²) in [6, 6.07) is 6.25. The number of aliphatic carboxylic acids is 1. The molecule has 3 rings (SSSR count). The first-order valence-corrected chi connectivity index (χ1v) is 13.6. The van der Waals surface area contributed by atoms with Crippen LogP contribution in [0, 0.1) is 0 Å². The standard InChI is InChI=1S/C21H25N3O6S.C6H15N/c1-11(10-13(25)30-4)22-14(12-8-6-5-7-9-12)17(26)23-15-18(27)24-16(20(28)29)21(2,3)31-19(15)24;1-4-7(5-2)6-3/h5-10,14-16,19,22H,1-4H3,(H,23,26)(H,28,29);4-6H2,1-3H3/t14-,15-,16+,19-;/m1./s1. The van der Waals surface area contributed by atoms with E-state index < -0.39 is 52.0 Å². The fraction of sp³-hybridized carbons (Fsp3) is 0.556. The second kappa shape index (κ2) is 13.7. The molecule has 0 radical (unpaired) electrons. The molecule has 2 fully saturated rings. The van der Waals surface area contributed by atoms with Gasteiger partial charge >= 0.3 is 11.9 Å². The van der Waals surface area contributed by atoms with Gasteiger partial charge in [0.25, 0.3) is 0 Å². The number of carbonyl (C=O) groups excluding carboxylic acids is 3. The minimum Gasteiger partial charge on any atom is -0.480 e. The molecule has 0 aromatic heterocycles. The smallest absolute Gasteiger partial charge is 0.332 e. The minimum atomic E-state index is -1.06. The molecule has 2 saturated heterocycles. The van der Waals surface area contributed by atoms with Gasteiger partial charge < -0.3 is 30.3 Å². The Labute approximate surface area is 229 Å². The third kappa shape index (κ3) is 7.28. The molecule has 2 aliphatic rings. The lowest BCUT2D eigenvalue weighted by molar-refractivity contribution is -0.161. The van der Waals surface area contributed by atoms with E-state index in [1.54, 1.807) is 45.0 Å². The molecule has 2 aliphatic heterocycles. The first-order valence-electron chi connectivity index (χ1n) is 12.7. The summed E-state index contributed by atoms with van der Waals surface area (Å²) in [6.45, 7) is 15.3. The predicted molar refractivity (Wildman–Crippen MR) is 147 cm³/mol. The largest absolute Gasteiger partial charge is 0.480 e. The number of ether oxygens (including phenoxy) is 1. The maximum Gasteiger partial charge on any atom is 0.332 e. The van der Waals surface area contributed by atoms with E-state index in [1.165, 1.54) is 49.5 Å². The van der Waals surface area contributed by atoms with E-state index in [2.05, 4.69) is 41.0 Å². The fourth-order valence-corrected chi connectivity index (χ4v) is 6.13. The normalized spacial score (nSPS) is 22.4. The molecule has 4 atom stereocenters. The van der Waals surface area contributed by atoms with Crippen molar-refractivity contribution in [3.63, 3.8) is 0 Å². The molecular formula is C27H40N4O6S. The van der Waals surface area contributed by atoms with Gasteiger partial charge in [-0.15, -0.1) is 11.8 Å². The molecule has 3 N–H and O–H groups in total. The SMILES string of the molecule is CCN(CC)CC.COC(=O)C=C(C)N[C@@H](C(=O)N[C@@H]1C(=O)N2[C@@H]1SC(C)(C)[C@@H]2C(=O)O)c1ccccc1. The Bertz CT molecular complexity index is 1020. The Morgan fingerprint density at radius 1 is 1.16 bits per heavy atom. The van der Waals surface area contributed by atoms with E-state index in [1.807, 2.05) is 6.07 Å². The van der Waals surface area contributed by atoms with Gasteiger partial charge in [0.15, 0.2) is 0 Å². The molecule has 2 amide bonds. The number of nitrogens with zero attached hydrogens (tertiary/aromatic N) is 2. The van der Waals surface area contributed by atoms with E-state index >= 15 is 0 Å². The van der Waals surface area contributed by atoms with E-state index in [0.29, 0.717) is 11.3 Å². The summed E-state index contributed by atoms with van der Waals surface area (Å²) >= 11 is 1.36. The Hall–Kier alpha value is -3.05. The monoisotopic (exact) mass is 548 g/mol. The molecule has 0 spiro atoms. The maximum atomic E-state index is 13.1. The van der Waals surface area contributed by atoms with Gasteiger partial charge in [0.1, 0.15) is 23.5 Å². The fourth-order valence-electron chi connectivity index (χ4n) is 4.50. The molecule has 0 aliphatic carbocycles. The Balaban J connectivity index is 0.000000638. The first kappa shape index (κ1) is 31.2. The zero-order chi connectivity index (χ0) is 28.6. The third-order valence-corrected chi connectivity index (χ3v) is 8.19. The molecular weight excluding hydrogens is 508 g/mol. The highest BCUT2D eigenvalue weighted by Crippen LogP contribution is 2.50. The molecule has 2 heterocycles. The van der Waals surface area contributed by atoms with Crippen LogP contribution < -0.4 is 10.6 Å². The van der Waals surface area contributed by atoms with Crippen molar-refractivity contribution in [2.24, 2.45) is 0 Å². The number of amides is 2. The topological polar surface area (TPSA) is 128 Å². The number of rotatable bonds is 10. The summed E-state index contributed by atoms with van der Waals surface area (Å²) in [7, 11) is 1.26. The lowest BCUT2D eigenvalue weighted by atomic mass is 9.95. The van der Waals surface area contributed by atoms with Crippen LogP contribution in [0.1, 0.15) is 53.1 Å². The summed E-state index contributed by atoms with van der Waals surface area (Å²) in [6.07, 6.45) is 1.23. The van der Waals surface area contributed by atoms with Crippen LogP contribution in [0.15, 0.2) is 42.1 Å². The minimum absolute atomic E-state index is 0.416. The molecule has 1 aromatic rings. The summed E-state index contributed by atoms with van der Waals surface area (Å²) in [4.78, 5) is 52.7. The summed E-state index contributed by atoms with van der Waals surface area (Å²) in [5, 5.41) is 14.8. The number of carbonyl (C=O) groups is 4. The molecule has 0 unspecified atom stereocenters. The van der Waals surface area contributed by atoms with E-state index in [0.717, 1.165) is 0 Å². The van der Waals surface area contributed by atoms with Gasteiger partial charge in [0.2, 0.25) is 11.8 Å². The number of benzene rings is 1. The molecule has 38 heavy (non-hydrogen) atoms. The van der Waals surface area contributed by atoms with Gasteiger partial charge in [0.05, 0.1) is 7.11 Å². The Morgan fingerprint density at radius 2 is 1.74 bits per heavy atom. The van der Waals surface area contributed by atoms with Gasteiger partial charge in [-0.3, -0.25) is 9.59 Å². The van der Waals surface area contributed by atoms with E-state index in [-0.39, 0.29) is 0 Å². The van der Waals surface area contributed by atoms with Gasteiger partial charge in [-0.2, -0.15) is 0 Å². The zero-order valence-corrected chi connectivity index (χ0v) is 24.0. The predicted octanol–water partition coefficient (Wildman–Crippen LogP) is 2.37. The highest BCUT2D eigenvalue weighted by molar-refractivity contribution is 8.01. The number of hydrogen-bond acceptors (Lipinski definition) is 8. The molecule has 11 heteroatoms. The van der Waals surface area contributed by atoms with Crippen LogP contribution in [0.5, 0.6) is 0 Å². The van der Waals surface area contributed by atoms with Crippen LogP contribution in [0.4, 0.5) is 0 Å². The van der Waals surface area contributed by atoms with Gasteiger partial charge in [-0.05, 0) is 46.0 Å². The number of hydrogen-bond donors (Lipinski definition) is 3. The van der Waals surface area contributed by atoms with Crippen molar-refractivity contribution >= 4 is 35.5 Å². The van der Waals surface area contributed by atoms with Crippen molar-refractivity contribution in [1.82, 2.24) is 20.4 Å². The van der Waals surface area contributed by atoms with Crippen LogP contribution in [0.25, 0.3) is 0 Å². The number of methoxy groups -OCH3 is 1. The van der Waals surface area contributed by atoms with Crippen molar-refractivity contribution in [3.05, 3.63) is 47.7 Å². The Kier molecular flexibility index (Phi) is 11.2. The number of β-lactam (4-membered cyclic amide) rings is 1. The van der Waals surface area contributed by atoms with Gasteiger partial charge in [0, 0.05) is 16.5 Å². The van der Waals surface area contributed by atoms with Crippen LogP contribution in [-0.2, 0) is 23.9 Å². The number of nitrogens with one attached hydrogen (secondary N) is 2. The average Bonchev–Trinajstić information content (AvgIpc) is 3.15. The number of allylic oxidation sites excluding steroid dienone is 1. The third-order valence-electron chi connectivity index (χ3n) is 6.62. The van der Waals surface area contributed by atoms with Crippen molar-refractivity contribution in [2.45, 2.75) is 69.8 Å². The van der Waals surface area contributed by atoms with Crippen molar-refractivity contribution < 1.29 is 29.0 Å². The van der Waals surface area contributed by atoms with Crippen LogP contribution in [0.3, 0.4) is 0 Å². The average molecular weight is 549 g/mol. The molecule has 1 aromatic carbocycles. The van der Waals surface area contributed by atoms with E-state index in [4.69, 9.17) is 0 Å². The van der Waals surface area contributed by atoms with Gasteiger partial charge in [-0.25, -0.2) is 9.59 Å². The van der Waals surface area contributed by atoms with Crippen LogP contribution >= 0.6 is 11.8 Å². The zero-order valence-electron chi connectivity index (χ0n) is 23.2. The highest BCUT2D eigenvalue weighted by atomic mass is 32.2. The summed E-state index contributed by atoms with van der Waals surface area (Å²) in [5.41, 5.74) is 1.06. The Morgan fingerprint density at radius 3 is 2.21 bits per heavy atom. The van der Waals surface area contributed by atoms with Crippen molar-refractivity contribution in [1.29, 1.82) is 0 Å². The lowest BCUT2D eigenvalue weighted by Gasteiger charge is -2.44.